The first-order chi connectivity index (χ1) is 6.44. The standard InChI is InChI=1S/C11H22N2O/c1-9(2)5-7-13-8-6-12-10(14)11(13,3)4/h9H,5-8H2,1-4H3,(H,12,14). The zero-order valence-corrected chi connectivity index (χ0v) is 9.76. The van der Waals surface area contributed by atoms with Gasteiger partial charge in [-0.2, -0.15) is 0 Å². The lowest BCUT2D eigenvalue weighted by atomic mass is 9.97. The van der Waals surface area contributed by atoms with Crippen molar-refractivity contribution in [3.63, 3.8) is 0 Å². The topological polar surface area (TPSA) is 32.3 Å². The number of amides is 1. The lowest BCUT2D eigenvalue weighted by molar-refractivity contribution is -0.135. The van der Waals surface area contributed by atoms with Gasteiger partial charge in [0.25, 0.3) is 0 Å². The van der Waals surface area contributed by atoms with Crippen molar-refractivity contribution in [2.45, 2.75) is 39.7 Å². The number of nitrogens with zero attached hydrogens (tertiary/aromatic N) is 1. The Labute approximate surface area is 86.9 Å². The average Bonchev–Trinajstić information content (AvgIpc) is 2.07. The quantitative estimate of drug-likeness (QED) is 0.740. The molecule has 1 heterocycles. The van der Waals surface area contributed by atoms with Crippen molar-refractivity contribution < 1.29 is 4.79 Å². The van der Waals surface area contributed by atoms with E-state index in [0.717, 1.165) is 26.1 Å². The predicted octanol–water partition coefficient (Wildman–Crippen LogP) is 1.24. The van der Waals surface area contributed by atoms with Gasteiger partial charge in [-0.25, -0.2) is 0 Å². The Kier molecular flexibility index (Phi) is 3.53. The van der Waals surface area contributed by atoms with Gasteiger partial charge >= 0.3 is 0 Å². The molecular formula is C11H22N2O. The molecule has 3 heteroatoms. The van der Waals surface area contributed by atoms with Crippen molar-refractivity contribution in [1.29, 1.82) is 0 Å². The van der Waals surface area contributed by atoms with Crippen LogP contribution in [-0.2, 0) is 4.79 Å². The Morgan fingerprint density at radius 1 is 1.50 bits per heavy atom. The van der Waals surface area contributed by atoms with Crippen molar-refractivity contribution in [2.75, 3.05) is 19.6 Å². The minimum absolute atomic E-state index is 0.160. The predicted molar refractivity (Wildman–Crippen MR) is 58.1 cm³/mol. The second kappa shape index (κ2) is 4.30. The third kappa shape index (κ3) is 2.47. The van der Waals surface area contributed by atoms with Crippen LogP contribution < -0.4 is 5.32 Å². The number of hydrogen-bond acceptors (Lipinski definition) is 2. The van der Waals surface area contributed by atoms with E-state index in [9.17, 15) is 4.79 Å². The van der Waals surface area contributed by atoms with Gasteiger partial charge in [0.2, 0.25) is 5.91 Å². The number of carbonyl (C=O) groups excluding carboxylic acids is 1. The van der Waals surface area contributed by atoms with Crippen molar-refractivity contribution in [3.8, 4) is 0 Å². The Hall–Kier alpha value is -0.570. The number of carbonyl (C=O) groups is 1. The summed E-state index contributed by atoms with van der Waals surface area (Å²) in [5.74, 6) is 0.864. The molecule has 0 unspecified atom stereocenters. The molecule has 0 radical (unpaired) electrons. The first kappa shape index (κ1) is 11.5. The molecule has 1 aliphatic heterocycles. The average molecular weight is 198 g/mol. The van der Waals surface area contributed by atoms with E-state index in [1.807, 2.05) is 13.8 Å². The number of rotatable bonds is 3. The van der Waals surface area contributed by atoms with Crippen LogP contribution in [-0.4, -0.2) is 36.0 Å². The van der Waals surface area contributed by atoms with E-state index in [1.165, 1.54) is 0 Å². The molecule has 0 aromatic rings. The van der Waals surface area contributed by atoms with Gasteiger partial charge in [0, 0.05) is 13.1 Å². The lowest BCUT2D eigenvalue weighted by Gasteiger charge is -2.41. The molecule has 0 saturated carbocycles. The molecule has 0 bridgehead atoms. The minimum Gasteiger partial charge on any atom is -0.353 e. The Morgan fingerprint density at radius 3 is 2.71 bits per heavy atom. The second-order valence-corrected chi connectivity index (χ2v) is 4.98. The highest BCUT2D eigenvalue weighted by Crippen LogP contribution is 2.18. The van der Waals surface area contributed by atoms with Crippen LogP contribution in [0.1, 0.15) is 34.1 Å². The van der Waals surface area contributed by atoms with Crippen molar-refractivity contribution in [1.82, 2.24) is 10.2 Å². The van der Waals surface area contributed by atoms with E-state index in [0.29, 0.717) is 5.92 Å². The van der Waals surface area contributed by atoms with E-state index in [-0.39, 0.29) is 11.4 Å². The molecule has 1 aliphatic rings. The monoisotopic (exact) mass is 198 g/mol. The first-order valence-electron chi connectivity index (χ1n) is 5.48. The zero-order chi connectivity index (χ0) is 10.8. The molecule has 0 atom stereocenters. The summed E-state index contributed by atoms with van der Waals surface area (Å²) in [5, 5.41) is 2.91. The highest BCUT2D eigenvalue weighted by molar-refractivity contribution is 5.86. The van der Waals surface area contributed by atoms with Crippen LogP contribution in [0.25, 0.3) is 0 Å². The molecule has 0 aromatic carbocycles. The SMILES string of the molecule is CC(C)CCN1CCNC(=O)C1(C)C. The first-order valence-corrected chi connectivity index (χ1v) is 5.48. The Balaban J connectivity index is 2.54. The molecule has 1 amide bonds. The van der Waals surface area contributed by atoms with Crippen molar-refractivity contribution in [3.05, 3.63) is 0 Å². The van der Waals surface area contributed by atoms with Gasteiger partial charge in [0.1, 0.15) is 0 Å². The van der Waals surface area contributed by atoms with Crippen LogP contribution in [0.3, 0.4) is 0 Å². The van der Waals surface area contributed by atoms with Gasteiger partial charge in [0.15, 0.2) is 0 Å². The summed E-state index contributed by atoms with van der Waals surface area (Å²) in [6.07, 6.45) is 1.16. The third-order valence-electron chi connectivity index (χ3n) is 2.99. The molecule has 1 fully saturated rings. The largest absolute Gasteiger partial charge is 0.353 e. The fourth-order valence-corrected chi connectivity index (χ4v) is 1.75. The smallest absolute Gasteiger partial charge is 0.239 e. The maximum Gasteiger partial charge on any atom is 0.239 e. The summed E-state index contributed by atoms with van der Waals surface area (Å²) in [6, 6.07) is 0. The second-order valence-electron chi connectivity index (χ2n) is 4.98. The van der Waals surface area contributed by atoms with Gasteiger partial charge in [-0.1, -0.05) is 13.8 Å². The van der Waals surface area contributed by atoms with Gasteiger partial charge in [0.05, 0.1) is 5.54 Å². The molecule has 0 spiro atoms. The fraction of sp³-hybridized carbons (Fsp3) is 0.909. The Morgan fingerprint density at radius 2 is 2.14 bits per heavy atom. The maximum absolute atomic E-state index is 11.6. The number of piperazine rings is 1. The minimum atomic E-state index is -0.326. The van der Waals surface area contributed by atoms with Crippen LogP contribution in [0.2, 0.25) is 0 Å². The fourth-order valence-electron chi connectivity index (χ4n) is 1.75. The summed E-state index contributed by atoms with van der Waals surface area (Å²) in [6.45, 7) is 11.2. The van der Waals surface area contributed by atoms with Crippen LogP contribution in [0.4, 0.5) is 0 Å². The van der Waals surface area contributed by atoms with E-state index >= 15 is 0 Å². The molecule has 14 heavy (non-hydrogen) atoms. The number of nitrogens with one attached hydrogen (secondary N) is 1. The molecule has 82 valence electrons. The molecule has 0 aliphatic carbocycles. The maximum atomic E-state index is 11.6. The Bertz CT molecular complexity index is 211. The molecule has 3 nitrogen and oxygen atoms in total. The third-order valence-corrected chi connectivity index (χ3v) is 2.99. The lowest BCUT2D eigenvalue weighted by Crippen LogP contribution is -2.61. The van der Waals surface area contributed by atoms with E-state index < -0.39 is 0 Å². The van der Waals surface area contributed by atoms with Gasteiger partial charge < -0.3 is 5.32 Å². The summed E-state index contributed by atoms with van der Waals surface area (Å²) in [7, 11) is 0. The van der Waals surface area contributed by atoms with E-state index in [2.05, 4.69) is 24.1 Å². The van der Waals surface area contributed by atoms with Gasteiger partial charge in [-0.05, 0) is 32.7 Å². The van der Waals surface area contributed by atoms with E-state index in [4.69, 9.17) is 0 Å². The molecule has 1 N–H and O–H groups in total. The van der Waals surface area contributed by atoms with Gasteiger partial charge in [-0.15, -0.1) is 0 Å². The van der Waals surface area contributed by atoms with Crippen LogP contribution in [0, 0.1) is 5.92 Å². The highest BCUT2D eigenvalue weighted by Gasteiger charge is 2.36. The summed E-state index contributed by atoms with van der Waals surface area (Å²) in [4.78, 5) is 13.9. The molecule has 1 saturated heterocycles. The van der Waals surface area contributed by atoms with Crippen LogP contribution in [0.15, 0.2) is 0 Å². The highest BCUT2D eigenvalue weighted by atomic mass is 16.2. The van der Waals surface area contributed by atoms with Crippen molar-refractivity contribution in [2.24, 2.45) is 5.92 Å². The molecule has 1 rings (SSSR count). The summed E-state index contributed by atoms with van der Waals surface area (Å²) < 4.78 is 0. The summed E-state index contributed by atoms with van der Waals surface area (Å²) >= 11 is 0. The van der Waals surface area contributed by atoms with Crippen LogP contribution in [0.5, 0.6) is 0 Å². The van der Waals surface area contributed by atoms with Crippen molar-refractivity contribution >= 4 is 5.91 Å². The van der Waals surface area contributed by atoms with Gasteiger partial charge in [-0.3, -0.25) is 9.69 Å². The normalized spacial score (nSPS) is 22.5. The van der Waals surface area contributed by atoms with Crippen LogP contribution >= 0.6 is 0 Å². The summed E-state index contributed by atoms with van der Waals surface area (Å²) in [5.41, 5.74) is -0.326. The zero-order valence-electron chi connectivity index (χ0n) is 9.76. The van der Waals surface area contributed by atoms with E-state index in [1.54, 1.807) is 0 Å². The molecule has 0 aromatic heterocycles. The molecular weight excluding hydrogens is 176 g/mol. The number of hydrogen-bond donors (Lipinski definition) is 1.